The molecule has 0 fully saturated rings. The molecule has 1 aromatic carbocycles. The second kappa shape index (κ2) is 13.4. The molecule has 0 aliphatic heterocycles. The maximum Gasteiger partial charge on any atom is 0.0919 e. The van der Waals surface area contributed by atoms with E-state index in [1.54, 1.807) is 0 Å². The number of aryl methyl sites for hydroxylation is 1. The summed E-state index contributed by atoms with van der Waals surface area (Å²) in [4.78, 5) is 10.1. The first-order valence-corrected chi connectivity index (χ1v) is 14.1. The van der Waals surface area contributed by atoms with Gasteiger partial charge < -0.3 is 0 Å². The lowest BCUT2D eigenvalue weighted by molar-refractivity contribution is 0.367. The van der Waals surface area contributed by atoms with E-state index in [2.05, 4.69) is 66.8 Å². The van der Waals surface area contributed by atoms with Crippen LogP contribution in [-0.2, 0) is 10.8 Å². The van der Waals surface area contributed by atoms with E-state index in [1.807, 2.05) is 0 Å². The van der Waals surface area contributed by atoms with Crippen molar-refractivity contribution in [3.63, 3.8) is 0 Å². The van der Waals surface area contributed by atoms with Crippen molar-refractivity contribution >= 4 is 11.0 Å². The van der Waals surface area contributed by atoms with Crippen LogP contribution in [0.3, 0.4) is 0 Å². The zero-order chi connectivity index (χ0) is 24.3. The van der Waals surface area contributed by atoms with Gasteiger partial charge >= 0.3 is 0 Å². The van der Waals surface area contributed by atoms with E-state index in [0.717, 1.165) is 16.7 Å². The Kier molecular flexibility index (Phi) is 11.3. The molecular weight excluding hydrogens is 400 g/mol. The van der Waals surface area contributed by atoms with E-state index in [1.165, 1.54) is 101 Å². The molecular formula is C31H52N2. The van der Waals surface area contributed by atoms with Gasteiger partial charge in [0, 0.05) is 11.6 Å². The van der Waals surface area contributed by atoms with Gasteiger partial charge in [-0.2, -0.15) is 0 Å². The van der Waals surface area contributed by atoms with E-state index < -0.39 is 0 Å². The number of fused-ring (bicyclic) bond motifs is 1. The van der Waals surface area contributed by atoms with Gasteiger partial charge in [-0.25, -0.2) is 4.98 Å². The van der Waals surface area contributed by atoms with Crippen molar-refractivity contribution in [2.24, 2.45) is 0 Å². The van der Waals surface area contributed by atoms with Crippen molar-refractivity contribution in [1.82, 2.24) is 9.97 Å². The molecule has 0 amide bonds. The molecule has 33 heavy (non-hydrogen) atoms. The van der Waals surface area contributed by atoms with Gasteiger partial charge in [-0.05, 0) is 48.8 Å². The third-order valence-electron chi connectivity index (χ3n) is 7.88. The highest BCUT2D eigenvalue weighted by Gasteiger charge is 2.29. The molecule has 2 rings (SSSR count). The Labute approximate surface area is 205 Å². The fourth-order valence-corrected chi connectivity index (χ4v) is 5.41. The minimum Gasteiger partial charge on any atom is -0.252 e. The van der Waals surface area contributed by atoms with Gasteiger partial charge in [0.1, 0.15) is 0 Å². The monoisotopic (exact) mass is 452 g/mol. The number of hydrogen-bond acceptors (Lipinski definition) is 2. The Morgan fingerprint density at radius 1 is 0.697 bits per heavy atom. The second-order valence-electron chi connectivity index (χ2n) is 11.4. The number of benzene rings is 1. The number of rotatable bonds is 16. The number of nitrogens with zero attached hydrogens (tertiary/aromatic N) is 2. The molecule has 2 nitrogen and oxygen atoms in total. The molecule has 1 atom stereocenters. The number of unbranched alkanes of at least 4 members (excludes halogenated alkanes) is 8. The molecule has 186 valence electrons. The van der Waals surface area contributed by atoms with E-state index in [0.29, 0.717) is 0 Å². The van der Waals surface area contributed by atoms with Crippen LogP contribution in [0, 0.1) is 6.92 Å². The van der Waals surface area contributed by atoms with E-state index in [9.17, 15) is 0 Å². The molecule has 1 heterocycles. The summed E-state index contributed by atoms with van der Waals surface area (Å²) in [6.07, 6.45) is 20.3. The first-order valence-electron chi connectivity index (χ1n) is 14.1. The molecule has 0 spiro atoms. The summed E-state index contributed by atoms with van der Waals surface area (Å²) in [6, 6.07) is 4.63. The third kappa shape index (κ3) is 7.79. The topological polar surface area (TPSA) is 25.8 Å². The maximum atomic E-state index is 5.13. The quantitative estimate of drug-likeness (QED) is 0.237. The van der Waals surface area contributed by atoms with Gasteiger partial charge in [-0.3, -0.25) is 4.98 Å². The second-order valence-corrected chi connectivity index (χ2v) is 11.4. The summed E-state index contributed by atoms with van der Waals surface area (Å²) < 4.78 is 0. The first-order chi connectivity index (χ1) is 15.8. The Hall–Kier alpha value is -1.44. The molecule has 0 saturated carbocycles. The van der Waals surface area contributed by atoms with Crippen LogP contribution in [-0.4, -0.2) is 9.97 Å². The third-order valence-corrected chi connectivity index (χ3v) is 7.88. The van der Waals surface area contributed by atoms with Gasteiger partial charge in [0.25, 0.3) is 0 Å². The van der Waals surface area contributed by atoms with Crippen LogP contribution < -0.4 is 0 Å². The lowest BCUT2D eigenvalue weighted by Gasteiger charge is -2.32. The van der Waals surface area contributed by atoms with Crippen molar-refractivity contribution in [3.8, 4) is 0 Å². The maximum absolute atomic E-state index is 5.13. The van der Waals surface area contributed by atoms with Gasteiger partial charge in [-0.15, -0.1) is 0 Å². The highest BCUT2D eigenvalue weighted by atomic mass is 14.8. The van der Waals surface area contributed by atoms with E-state index >= 15 is 0 Å². The molecule has 0 aliphatic rings. The summed E-state index contributed by atoms with van der Waals surface area (Å²) in [5.41, 5.74) is 6.47. The fraction of sp³-hybridized carbons (Fsp3) is 0.742. The molecule has 2 aromatic rings. The molecule has 0 aliphatic carbocycles. The highest BCUT2D eigenvalue weighted by molar-refractivity contribution is 5.79. The van der Waals surface area contributed by atoms with Crippen LogP contribution in [0.2, 0.25) is 0 Å². The summed E-state index contributed by atoms with van der Waals surface area (Å²) in [6.45, 7) is 16.3. The van der Waals surface area contributed by atoms with Crippen LogP contribution in [0.5, 0.6) is 0 Å². The predicted octanol–water partition coefficient (Wildman–Crippen LogP) is 9.99. The molecule has 0 radical (unpaired) electrons. The van der Waals surface area contributed by atoms with Crippen LogP contribution >= 0.6 is 0 Å². The molecule has 1 aromatic heterocycles. The first kappa shape index (κ1) is 27.8. The molecule has 0 bridgehead atoms. The minimum atomic E-state index is 0.0790. The van der Waals surface area contributed by atoms with Crippen LogP contribution in [0.4, 0.5) is 0 Å². The molecule has 0 N–H and O–H groups in total. The molecule has 0 saturated heterocycles. The lowest BCUT2D eigenvalue weighted by Crippen LogP contribution is -2.24. The molecule has 1 unspecified atom stereocenters. The molecule has 2 heteroatoms. The van der Waals surface area contributed by atoms with Gasteiger partial charge in [0.15, 0.2) is 0 Å². The fourth-order valence-electron chi connectivity index (χ4n) is 5.41. The highest BCUT2D eigenvalue weighted by Crippen LogP contribution is 2.39. The summed E-state index contributed by atoms with van der Waals surface area (Å²) in [5.74, 6) is 0. The zero-order valence-electron chi connectivity index (χ0n) is 23.0. The summed E-state index contributed by atoms with van der Waals surface area (Å²) in [5, 5.41) is 0. The number of aromatic nitrogens is 2. The summed E-state index contributed by atoms with van der Waals surface area (Å²) >= 11 is 0. The van der Waals surface area contributed by atoms with Gasteiger partial charge in [0.05, 0.1) is 16.7 Å². The smallest absolute Gasteiger partial charge is 0.0919 e. The average Bonchev–Trinajstić information content (AvgIpc) is 2.80. The Balaban J connectivity index is 2.27. The van der Waals surface area contributed by atoms with Crippen LogP contribution in [0.25, 0.3) is 11.0 Å². The standard InChI is InChI=1S/C31H52N2/c1-8-11-14-16-18-23-31(7,22-13-10-3)26-19-20-27-29(25(26)4)32-24-28(33-27)30(5,6)21-17-15-12-9-2/h19-20,24H,8-18,21-23H2,1-7H3. The van der Waals surface area contributed by atoms with Crippen LogP contribution in [0.1, 0.15) is 148 Å². The normalized spacial score (nSPS) is 14.0. The Morgan fingerprint density at radius 3 is 1.94 bits per heavy atom. The lowest BCUT2D eigenvalue weighted by atomic mass is 9.72. The van der Waals surface area contributed by atoms with Gasteiger partial charge in [-0.1, -0.05) is 118 Å². The van der Waals surface area contributed by atoms with Crippen molar-refractivity contribution < 1.29 is 0 Å². The Morgan fingerprint density at radius 2 is 1.27 bits per heavy atom. The largest absolute Gasteiger partial charge is 0.252 e. The minimum absolute atomic E-state index is 0.0790. The van der Waals surface area contributed by atoms with Gasteiger partial charge in [0.2, 0.25) is 0 Å². The van der Waals surface area contributed by atoms with Crippen molar-refractivity contribution in [3.05, 3.63) is 35.2 Å². The Bertz CT molecular complexity index is 838. The number of hydrogen-bond donors (Lipinski definition) is 0. The van der Waals surface area contributed by atoms with E-state index in [-0.39, 0.29) is 10.8 Å². The van der Waals surface area contributed by atoms with E-state index in [4.69, 9.17) is 9.97 Å². The predicted molar refractivity (Wildman–Crippen MR) is 146 cm³/mol. The van der Waals surface area contributed by atoms with Crippen molar-refractivity contribution in [1.29, 1.82) is 0 Å². The SMILES string of the molecule is CCCCCCCC(C)(CCCC)c1ccc2nc(C(C)(C)CCCCCC)cnc2c1C. The van der Waals surface area contributed by atoms with Crippen LogP contribution in [0.15, 0.2) is 18.3 Å². The average molecular weight is 453 g/mol. The van der Waals surface area contributed by atoms with Crippen molar-refractivity contribution in [2.75, 3.05) is 0 Å². The zero-order valence-corrected chi connectivity index (χ0v) is 23.0. The summed E-state index contributed by atoms with van der Waals surface area (Å²) in [7, 11) is 0. The van der Waals surface area contributed by atoms with Crippen molar-refractivity contribution in [2.45, 2.75) is 149 Å².